The second-order valence-electron chi connectivity index (χ2n) is 8.95. The van der Waals surface area contributed by atoms with E-state index in [1.165, 1.54) is 23.4 Å². The first kappa shape index (κ1) is 20.3. The Morgan fingerprint density at radius 2 is 2.03 bits per heavy atom. The number of hydrogen-bond donors (Lipinski definition) is 0. The van der Waals surface area contributed by atoms with Gasteiger partial charge in [-0.15, -0.1) is 11.3 Å². The van der Waals surface area contributed by atoms with Gasteiger partial charge in [0.15, 0.2) is 6.10 Å². The average Bonchev–Trinajstić information content (AvgIpc) is 3.35. The Hall–Kier alpha value is -2.64. The van der Waals surface area contributed by atoms with Crippen LogP contribution >= 0.6 is 11.3 Å². The maximum Gasteiger partial charge on any atom is 0.341 e. The summed E-state index contributed by atoms with van der Waals surface area (Å²) >= 11 is 1.67. The number of thiophene rings is 1. The number of aryl methyl sites for hydroxylation is 2. The van der Waals surface area contributed by atoms with E-state index in [1.54, 1.807) is 16.0 Å². The number of benzene rings is 2. The van der Waals surface area contributed by atoms with Gasteiger partial charge in [-0.1, -0.05) is 0 Å². The summed E-state index contributed by atoms with van der Waals surface area (Å²) in [4.78, 5) is 12.9. The van der Waals surface area contributed by atoms with E-state index < -0.39 is 17.7 Å². The number of nitrogens with zero attached hydrogens (tertiary/aromatic N) is 2. The fourth-order valence-corrected chi connectivity index (χ4v) is 5.48. The zero-order valence-electron chi connectivity index (χ0n) is 18.4. The van der Waals surface area contributed by atoms with Crippen molar-refractivity contribution in [3.63, 3.8) is 0 Å². The first-order chi connectivity index (χ1) is 14.8. The van der Waals surface area contributed by atoms with E-state index in [1.807, 2.05) is 33.9 Å². The lowest BCUT2D eigenvalue weighted by molar-refractivity contribution is -0.164. The Morgan fingerprint density at radius 1 is 1.23 bits per heavy atom. The lowest BCUT2D eigenvalue weighted by Crippen LogP contribution is -2.29. The van der Waals surface area contributed by atoms with E-state index in [0.29, 0.717) is 5.69 Å². The van der Waals surface area contributed by atoms with E-state index in [9.17, 15) is 4.79 Å². The molecule has 0 aliphatic carbocycles. The Kier molecular flexibility index (Phi) is 4.71. The molecule has 3 heterocycles. The Bertz CT molecular complexity index is 1330. The smallest absolute Gasteiger partial charge is 0.341 e. The van der Waals surface area contributed by atoms with Crippen molar-refractivity contribution >= 4 is 49.1 Å². The van der Waals surface area contributed by atoms with Gasteiger partial charge in [-0.2, -0.15) is 5.10 Å². The predicted octanol–water partition coefficient (Wildman–Crippen LogP) is 5.30. The topological polar surface area (TPSA) is 62.6 Å². The third-order valence-electron chi connectivity index (χ3n) is 5.74. The zero-order chi connectivity index (χ0) is 21.9. The number of aromatic nitrogens is 2. The Morgan fingerprint density at radius 3 is 2.77 bits per heavy atom. The summed E-state index contributed by atoms with van der Waals surface area (Å²) in [7, 11) is 3.26. The number of carbonyl (C=O) groups excluding carboxylic acids is 1. The number of methoxy groups -OCH3 is 1. The second kappa shape index (κ2) is 7.21. The molecule has 1 aliphatic heterocycles. The summed E-state index contributed by atoms with van der Waals surface area (Å²) in [5, 5.41) is 11.3. The second-order valence-corrected chi connectivity index (χ2v) is 9.86. The normalized spacial score (nSPS) is 15.3. The van der Waals surface area contributed by atoms with Crippen LogP contribution in [0, 0.1) is 0 Å². The molecule has 1 unspecified atom stereocenters. The molecule has 0 fully saturated rings. The van der Waals surface area contributed by atoms with E-state index >= 15 is 0 Å². The molecule has 2 aromatic heterocycles. The van der Waals surface area contributed by atoms with Gasteiger partial charge in [0.25, 0.3) is 0 Å². The van der Waals surface area contributed by atoms with Crippen molar-refractivity contribution in [1.29, 1.82) is 0 Å². The summed E-state index contributed by atoms with van der Waals surface area (Å²) in [6.45, 7) is 6.55. The summed E-state index contributed by atoms with van der Waals surface area (Å²) in [5.74, 6) is 0.520. The molecule has 0 radical (unpaired) electrons. The lowest BCUT2D eigenvalue weighted by atomic mass is 9.92. The van der Waals surface area contributed by atoms with E-state index in [-0.39, 0.29) is 0 Å². The minimum atomic E-state index is -0.882. The number of carbonyl (C=O) groups is 1. The van der Waals surface area contributed by atoms with Crippen molar-refractivity contribution < 1.29 is 19.0 Å². The van der Waals surface area contributed by atoms with Crippen molar-refractivity contribution in [2.24, 2.45) is 7.05 Å². The van der Waals surface area contributed by atoms with Gasteiger partial charge >= 0.3 is 5.97 Å². The average molecular weight is 439 g/mol. The first-order valence-corrected chi connectivity index (χ1v) is 11.4. The molecule has 0 amide bonds. The quantitative estimate of drug-likeness (QED) is 0.407. The molecule has 0 spiro atoms. The van der Waals surface area contributed by atoms with Gasteiger partial charge in [0.05, 0.1) is 29.7 Å². The molecule has 0 saturated carbocycles. The molecule has 6 nitrogen and oxygen atoms in total. The van der Waals surface area contributed by atoms with Crippen LogP contribution in [0.5, 0.6) is 5.75 Å². The van der Waals surface area contributed by atoms with Crippen LogP contribution in [0.25, 0.3) is 31.8 Å². The Balaban J connectivity index is 1.92. The third-order valence-corrected chi connectivity index (χ3v) is 6.67. The van der Waals surface area contributed by atoms with Crippen LogP contribution in [0.2, 0.25) is 0 Å². The monoisotopic (exact) mass is 438 g/mol. The summed E-state index contributed by atoms with van der Waals surface area (Å²) in [6, 6.07) is 6.30. The zero-order valence-corrected chi connectivity index (χ0v) is 19.3. The molecule has 1 aliphatic rings. The van der Waals surface area contributed by atoms with E-state index in [4.69, 9.17) is 19.3 Å². The molecule has 0 saturated heterocycles. The number of fused-ring (bicyclic) bond motifs is 8. The van der Waals surface area contributed by atoms with Crippen LogP contribution in [0.3, 0.4) is 0 Å². The fourth-order valence-electron chi connectivity index (χ4n) is 4.59. The van der Waals surface area contributed by atoms with Crippen LogP contribution in [0.4, 0.5) is 0 Å². The summed E-state index contributed by atoms with van der Waals surface area (Å²) in [6.07, 6.45) is 1.08. The molecule has 2 aromatic carbocycles. The molecule has 31 heavy (non-hydrogen) atoms. The highest BCUT2D eigenvalue weighted by atomic mass is 32.1. The SMILES string of the molecule is COC(=O)C(OC(C)(C)C)c1c2c3ccc4c(c3c3ccsc3c2nn1C)CCCO4. The van der Waals surface area contributed by atoms with Crippen molar-refractivity contribution in [3.05, 3.63) is 34.8 Å². The van der Waals surface area contributed by atoms with Gasteiger partial charge in [-0.25, -0.2) is 4.79 Å². The highest BCUT2D eigenvalue weighted by Gasteiger charge is 2.34. The molecule has 5 rings (SSSR count). The minimum absolute atomic E-state index is 0.430. The standard InChI is InChI=1S/C24H26N2O4S/c1-24(2,3)30-21(23(27)28-5)20-18-14-8-9-16-13(7-6-11-29-16)17(14)15-10-12-31-22(15)19(18)25-26(20)4/h8-10,12,21H,6-7,11H2,1-5H3. The number of hydrogen-bond acceptors (Lipinski definition) is 6. The largest absolute Gasteiger partial charge is 0.493 e. The van der Waals surface area contributed by atoms with Crippen molar-refractivity contribution in [3.8, 4) is 5.75 Å². The first-order valence-electron chi connectivity index (χ1n) is 10.5. The molecule has 7 heteroatoms. The fraction of sp³-hybridized carbons (Fsp3) is 0.417. The van der Waals surface area contributed by atoms with Crippen molar-refractivity contribution in [1.82, 2.24) is 9.78 Å². The number of esters is 1. The van der Waals surface area contributed by atoms with Crippen LogP contribution in [-0.4, -0.2) is 35.1 Å². The van der Waals surface area contributed by atoms with Crippen LogP contribution < -0.4 is 4.74 Å². The minimum Gasteiger partial charge on any atom is -0.493 e. The summed E-state index contributed by atoms with van der Waals surface area (Å²) < 4.78 is 20.2. The molecule has 0 bridgehead atoms. The molecule has 0 N–H and O–H groups in total. The van der Waals surface area contributed by atoms with Gasteiger partial charge in [0.1, 0.15) is 11.3 Å². The van der Waals surface area contributed by atoms with E-state index in [2.05, 4.69) is 17.5 Å². The molecule has 4 aromatic rings. The van der Waals surface area contributed by atoms with Crippen molar-refractivity contribution in [2.45, 2.75) is 45.3 Å². The predicted molar refractivity (Wildman–Crippen MR) is 123 cm³/mol. The van der Waals surface area contributed by atoms with Crippen molar-refractivity contribution in [2.75, 3.05) is 13.7 Å². The number of rotatable bonds is 3. The molecule has 1 atom stereocenters. The molecular formula is C24H26N2O4S. The van der Waals surface area contributed by atoms with Gasteiger partial charge in [0, 0.05) is 23.4 Å². The molecular weight excluding hydrogens is 412 g/mol. The van der Waals surface area contributed by atoms with Crippen LogP contribution in [0.15, 0.2) is 23.6 Å². The van der Waals surface area contributed by atoms with Gasteiger partial charge in [-0.05, 0) is 68.0 Å². The molecule has 162 valence electrons. The van der Waals surface area contributed by atoms with Gasteiger partial charge < -0.3 is 14.2 Å². The lowest BCUT2D eigenvalue weighted by Gasteiger charge is -2.26. The Labute approximate surface area is 184 Å². The van der Waals surface area contributed by atoms with E-state index in [0.717, 1.165) is 46.2 Å². The maximum absolute atomic E-state index is 12.9. The maximum atomic E-state index is 12.9. The van der Waals surface area contributed by atoms with Gasteiger partial charge in [0.2, 0.25) is 0 Å². The van der Waals surface area contributed by atoms with Crippen LogP contribution in [-0.2, 0) is 27.7 Å². The number of ether oxygens (including phenoxy) is 3. The van der Waals surface area contributed by atoms with Crippen LogP contribution in [0.1, 0.15) is 44.6 Å². The third kappa shape index (κ3) is 3.18. The highest BCUT2D eigenvalue weighted by Crippen LogP contribution is 2.45. The summed E-state index contributed by atoms with van der Waals surface area (Å²) in [5.41, 5.74) is 2.30. The highest BCUT2D eigenvalue weighted by molar-refractivity contribution is 7.18. The van der Waals surface area contributed by atoms with Gasteiger partial charge in [-0.3, -0.25) is 4.68 Å².